The van der Waals surface area contributed by atoms with Gasteiger partial charge in [-0.25, -0.2) is 13.9 Å². The Hall–Kier alpha value is -3.58. The van der Waals surface area contributed by atoms with Gasteiger partial charge in [0.25, 0.3) is 5.91 Å². The van der Waals surface area contributed by atoms with Crippen LogP contribution in [0, 0.1) is 11.3 Å². The first kappa shape index (κ1) is 22.1. The van der Waals surface area contributed by atoms with Crippen molar-refractivity contribution in [2.45, 2.75) is 45.5 Å². The molecular weight excluding hydrogens is 401 g/mol. The number of alkyl halides is 1. The molecule has 0 spiro atoms. The van der Waals surface area contributed by atoms with Gasteiger partial charge in [0.2, 0.25) is 0 Å². The number of pyridine rings is 1. The summed E-state index contributed by atoms with van der Waals surface area (Å²) in [4.78, 5) is 21.3. The third-order valence-corrected chi connectivity index (χ3v) is 4.56. The molecule has 9 nitrogen and oxygen atoms in total. The number of hydrogen-bond donors (Lipinski definition) is 3. The van der Waals surface area contributed by atoms with Crippen molar-refractivity contribution in [1.82, 2.24) is 24.9 Å². The van der Waals surface area contributed by atoms with Gasteiger partial charge in [0, 0.05) is 18.4 Å². The van der Waals surface area contributed by atoms with Crippen molar-refractivity contribution in [3.63, 3.8) is 0 Å². The van der Waals surface area contributed by atoms with E-state index in [9.17, 15) is 14.3 Å². The zero-order chi connectivity index (χ0) is 22.8. The Bertz CT molecular complexity index is 1140. The molecule has 0 unspecified atom stereocenters. The monoisotopic (exact) mass is 425 g/mol. The Labute approximate surface area is 178 Å². The number of hydrogen-bond acceptors (Lipinski definition) is 7. The van der Waals surface area contributed by atoms with Crippen LogP contribution in [-0.4, -0.2) is 55.0 Å². The van der Waals surface area contributed by atoms with E-state index in [-0.39, 0.29) is 18.2 Å². The molecule has 10 heteroatoms. The van der Waals surface area contributed by atoms with Crippen LogP contribution in [0.5, 0.6) is 0 Å². The lowest BCUT2D eigenvalue weighted by molar-refractivity contribution is -0.00177. The summed E-state index contributed by atoms with van der Waals surface area (Å²) in [7, 11) is 0. The fraction of sp³-hybridized carbons (Fsp3) is 0.381. The Kier molecular flexibility index (Phi) is 6.17. The molecule has 1 atom stereocenters. The topological polar surface area (TPSA) is 128 Å². The molecule has 0 aliphatic carbocycles. The molecule has 3 heterocycles. The van der Waals surface area contributed by atoms with E-state index in [1.54, 1.807) is 18.5 Å². The minimum atomic E-state index is -1.62. The Balaban J connectivity index is 1.93. The number of nitrogens with zero attached hydrogens (tertiary/aromatic N) is 5. The number of rotatable bonds is 7. The van der Waals surface area contributed by atoms with Crippen molar-refractivity contribution in [3.05, 3.63) is 42.0 Å². The number of nitrogens with one attached hydrogen (secondary N) is 2. The van der Waals surface area contributed by atoms with Gasteiger partial charge in [0.05, 0.1) is 52.6 Å². The Morgan fingerprint density at radius 3 is 2.71 bits per heavy atom. The molecule has 0 fully saturated rings. The lowest BCUT2D eigenvalue weighted by atomic mass is 10.0. The molecule has 3 N–H and O–H groups in total. The van der Waals surface area contributed by atoms with Crippen LogP contribution in [-0.2, 0) is 0 Å². The number of nitriles is 1. The van der Waals surface area contributed by atoms with Crippen LogP contribution in [0.3, 0.4) is 0 Å². The molecule has 31 heavy (non-hydrogen) atoms. The van der Waals surface area contributed by atoms with Crippen molar-refractivity contribution >= 4 is 17.2 Å². The predicted octanol–water partition coefficient (Wildman–Crippen LogP) is 2.32. The average molecular weight is 425 g/mol. The van der Waals surface area contributed by atoms with Gasteiger partial charge in [-0.2, -0.15) is 10.4 Å². The summed E-state index contributed by atoms with van der Waals surface area (Å²) in [5.74, 6) is -0.509. The summed E-state index contributed by atoms with van der Waals surface area (Å²) >= 11 is 0. The van der Waals surface area contributed by atoms with E-state index in [2.05, 4.69) is 25.7 Å². The lowest BCUT2D eigenvalue weighted by Crippen LogP contribution is -2.42. The third-order valence-electron chi connectivity index (χ3n) is 4.56. The normalized spacial score (nSPS) is 12.6. The SMILES string of the molecule is CC(C)Nc1cc(-c2cnn3cc(C#N)cnc23)ncc1C(=O)NC[C@@H](F)C(C)(C)O. The molecule has 1 amide bonds. The number of halogens is 1. The predicted molar refractivity (Wildman–Crippen MR) is 113 cm³/mol. The fourth-order valence-electron chi connectivity index (χ4n) is 2.85. The highest BCUT2D eigenvalue weighted by atomic mass is 19.1. The third kappa shape index (κ3) is 4.95. The van der Waals surface area contributed by atoms with Crippen LogP contribution >= 0.6 is 0 Å². The van der Waals surface area contributed by atoms with Crippen LogP contribution in [0.1, 0.15) is 43.6 Å². The first-order valence-electron chi connectivity index (χ1n) is 9.75. The number of aromatic nitrogens is 4. The van der Waals surface area contributed by atoms with E-state index in [1.165, 1.54) is 30.8 Å². The second kappa shape index (κ2) is 8.65. The summed E-state index contributed by atoms with van der Waals surface area (Å²) < 4.78 is 15.5. The molecule has 3 rings (SSSR count). The lowest BCUT2D eigenvalue weighted by Gasteiger charge is -2.23. The first-order chi connectivity index (χ1) is 14.6. The maximum absolute atomic E-state index is 14.0. The highest BCUT2D eigenvalue weighted by Crippen LogP contribution is 2.26. The van der Waals surface area contributed by atoms with Crippen LogP contribution in [0.25, 0.3) is 16.9 Å². The van der Waals surface area contributed by atoms with Crippen LogP contribution in [0.2, 0.25) is 0 Å². The second-order valence-corrected chi connectivity index (χ2v) is 8.03. The largest absolute Gasteiger partial charge is 0.387 e. The van der Waals surface area contributed by atoms with Gasteiger partial charge >= 0.3 is 0 Å². The summed E-state index contributed by atoms with van der Waals surface area (Å²) in [6, 6.07) is 3.74. The zero-order valence-corrected chi connectivity index (χ0v) is 17.7. The number of fused-ring (bicyclic) bond motifs is 1. The fourth-order valence-corrected chi connectivity index (χ4v) is 2.85. The van der Waals surface area contributed by atoms with E-state index in [0.29, 0.717) is 28.2 Å². The van der Waals surface area contributed by atoms with E-state index in [4.69, 9.17) is 5.26 Å². The minimum absolute atomic E-state index is 0.0207. The summed E-state index contributed by atoms with van der Waals surface area (Å²) in [6.07, 6.45) is 4.39. The van der Waals surface area contributed by atoms with Crippen LogP contribution < -0.4 is 10.6 Å². The number of carbonyl (C=O) groups excluding carboxylic acids is 1. The van der Waals surface area contributed by atoms with E-state index >= 15 is 0 Å². The van der Waals surface area contributed by atoms with Crippen molar-refractivity contribution in [2.24, 2.45) is 0 Å². The molecule has 0 aliphatic rings. The highest BCUT2D eigenvalue weighted by molar-refractivity contribution is 6.00. The maximum Gasteiger partial charge on any atom is 0.255 e. The molecule has 0 aliphatic heterocycles. The number of carbonyl (C=O) groups is 1. The molecule has 0 saturated carbocycles. The molecule has 0 radical (unpaired) electrons. The molecule has 3 aromatic rings. The van der Waals surface area contributed by atoms with Crippen molar-refractivity contribution < 1.29 is 14.3 Å². The smallest absolute Gasteiger partial charge is 0.255 e. The van der Waals surface area contributed by atoms with E-state index < -0.39 is 17.7 Å². The minimum Gasteiger partial charge on any atom is -0.387 e. The van der Waals surface area contributed by atoms with Crippen LogP contribution in [0.4, 0.5) is 10.1 Å². The van der Waals surface area contributed by atoms with Crippen molar-refractivity contribution in [2.75, 3.05) is 11.9 Å². The summed E-state index contributed by atoms with van der Waals surface area (Å²) in [5.41, 5.74) is 1.27. The standard InChI is InChI=1S/C21H24FN7O2/c1-12(2)28-17-5-16(14-9-27-29-11-13(6-23)7-25-19(14)29)24-8-15(17)20(30)26-10-18(22)21(3,4)31/h5,7-9,11-12,18,31H,10H2,1-4H3,(H,24,28)(H,26,30)/t18-/m1/s1. The average Bonchev–Trinajstić information content (AvgIpc) is 3.13. The van der Waals surface area contributed by atoms with Crippen molar-refractivity contribution in [3.8, 4) is 17.3 Å². The number of aliphatic hydroxyl groups is 1. The van der Waals surface area contributed by atoms with Gasteiger partial charge in [-0.15, -0.1) is 0 Å². The Morgan fingerprint density at radius 1 is 1.32 bits per heavy atom. The van der Waals surface area contributed by atoms with Gasteiger partial charge in [-0.3, -0.25) is 9.78 Å². The van der Waals surface area contributed by atoms with Crippen LogP contribution in [0.15, 0.2) is 30.9 Å². The van der Waals surface area contributed by atoms with Gasteiger partial charge in [-0.05, 0) is 33.8 Å². The maximum atomic E-state index is 14.0. The molecule has 0 aromatic carbocycles. The first-order valence-corrected chi connectivity index (χ1v) is 9.75. The second-order valence-electron chi connectivity index (χ2n) is 8.03. The Morgan fingerprint density at radius 2 is 2.06 bits per heavy atom. The van der Waals surface area contributed by atoms with Crippen molar-refractivity contribution in [1.29, 1.82) is 5.26 Å². The summed E-state index contributed by atoms with van der Waals surface area (Å²) in [5, 5.41) is 28.7. The highest BCUT2D eigenvalue weighted by Gasteiger charge is 2.27. The number of amides is 1. The van der Waals surface area contributed by atoms with E-state index in [0.717, 1.165) is 0 Å². The van der Waals surface area contributed by atoms with Gasteiger partial charge in [0.1, 0.15) is 12.2 Å². The van der Waals surface area contributed by atoms with Gasteiger partial charge < -0.3 is 15.7 Å². The quantitative estimate of drug-likeness (QED) is 0.530. The number of anilines is 1. The molecule has 162 valence electrons. The van der Waals surface area contributed by atoms with E-state index in [1.807, 2.05) is 19.9 Å². The molecular formula is C21H24FN7O2. The van der Waals surface area contributed by atoms with Gasteiger partial charge in [0.15, 0.2) is 5.65 Å². The molecule has 0 bridgehead atoms. The molecule has 0 saturated heterocycles. The zero-order valence-electron chi connectivity index (χ0n) is 17.7. The summed E-state index contributed by atoms with van der Waals surface area (Å²) in [6.45, 7) is 6.21. The van der Waals surface area contributed by atoms with Gasteiger partial charge in [-0.1, -0.05) is 0 Å². The molecule has 3 aromatic heterocycles.